The number of ether oxygens (including phenoxy) is 2. The van der Waals surface area contributed by atoms with Crippen LogP contribution in [0.2, 0.25) is 0 Å². The zero-order valence-electron chi connectivity index (χ0n) is 18.3. The molecule has 0 N–H and O–H groups in total. The maximum atomic E-state index is 12.1. The normalized spacial score (nSPS) is 19.0. The SMILES string of the molecule is COc1cc(C=S2CC(=O)N=C2N2CCN(C)CC2)ccc1OCc1ccccc1C#N. The van der Waals surface area contributed by atoms with Gasteiger partial charge >= 0.3 is 0 Å². The zero-order valence-corrected chi connectivity index (χ0v) is 19.1. The number of hydrogen-bond donors (Lipinski definition) is 0. The van der Waals surface area contributed by atoms with Gasteiger partial charge in [0.2, 0.25) is 0 Å². The number of aliphatic imine (C=N–C) groups is 1. The molecule has 1 saturated heterocycles. The lowest BCUT2D eigenvalue weighted by Crippen LogP contribution is -2.46. The Morgan fingerprint density at radius 3 is 2.69 bits per heavy atom. The second-order valence-electron chi connectivity index (χ2n) is 7.74. The molecule has 0 aromatic heterocycles. The van der Waals surface area contributed by atoms with E-state index in [1.165, 1.54) is 0 Å². The molecule has 0 spiro atoms. The molecule has 7 nitrogen and oxygen atoms in total. The molecule has 8 heteroatoms. The summed E-state index contributed by atoms with van der Waals surface area (Å²) >= 11 is 0. The van der Waals surface area contributed by atoms with Crippen LogP contribution in [-0.4, -0.2) is 72.3 Å². The number of nitrogens with zero attached hydrogens (tertiary/aromatic N) is 4. The molecular weight excluding hydrogens is 424 g/mol. The van der Waals surface area contributed by atoms with Crippen molar-refractivity contribution in [2.24, 2.45) is 4.99 Å². The average Bonchev–Trinajstić information content (AvgIpc) is 3.18. The summed E-state index contributed by atoms with van der Waals surface area (Å²) in [5, 5.41) is 12.3. The summed E-state index contributed by atoms with van der Waals surface area (Å²) in [5.41, 5.74) is 2.39. The van der Waals surface area contributed by atoms with Crippen LogP contribution in [0.25, 0.3) is 0 Å². The van der Waals surface area contributed by atoms with Crippen molar-refractivity contribution in [1.29, 1.82) is 5.26 Å². The van der Waals surface area contributed by atoms with Gasteiger partial charge in [-0.15, -0.1) is 10.5 Å². The molecule has 2 aliphatic rings. The van der Waals surface area contributed by atoms with Gasteiger partial charge in [0.1, 0.15) is 6.61 Å². The van der Waals surface area contributed by atoms with E-state index in [0.717, 1.165) is 42.5 Å². The Bertz CT molecular complexity index is 1110. The number of amidine groups is 1. The number of benzene rings is 2. The van der Waals surface area contributed by atoms with Crippen molar-refractivity contribution in [2.75, 3.05) is 46.1 Å². The summed E-state index contributed by atoms with van der Waals surface area (Å²) in [6.07, 6.45) is 0. The highest BCUT2D eigenvalue weighted by Crippen LogP contribution is 2.31. The number of hydrogen-bond acceptors (Lipinski definition) is 6. The van der Waals surface area contributed by atoms with E-state index >= 15 is 0 Å². The van der Waals surface area contributed by atoms with E-state index in [0.29, 0.717) is 22.8 Å². The Balaban J connectivity index is 1.52. The highest BCUT2D eigenvalue weighted by molar-refractivity contribution is 8.28. The number of carbonyl (C=O) groups excluding carboxylic acids is 1. The van der Waals surface area contributed by atoms with E-state index in [1.807, 2.05) is 36.4 Å². The molecule has 2 heterocycles. The number of nitriles is 1. The number of likely N-dealkylation sites (N-methyl/N-ethyl adjacent to an activating group) is 1. The minimum absolute atomic E-state index is 0.0541. The summed E-state index contributed by atoms with van der Waals surface area (Å²) in [6.45, 7) is 4.00. The highest BCUT2D eigenvalue weighted by Gasteiger charge is 2.26. The summed E-state index contributed by atoms with van der Waals surface area (Å²) in [5.74, 6) is 1.59. The van der Waals surface area contributed by atoms with Crippen molar-refractivity contribution < 1.29 is 14.3 Å². The Morgan fingerprint density at radius 2 is 1.94 bits per heavy atom. The molecular formula is C24H26N4O3S. The summed E-state index contributed by atoms with van der Waals surface area (Å²) in [4.78, 5) is 21.0. The second-order valence-corrected chi connectivity index (χ2v) is 9.48. The first-order valence-electron chi connectivity index (χ1n) is 10.5. The van der Waals surface area contributed by atoms with Gasteiger partial charge in [-0.2, -0.15) is 10.3 Å². The Kier molecular flexibility index (Phi) is 6.88. The van der Waals surface area contributed by atoms with Gasteiger partial charge in [0.25, 0.3) is 5.91 Å². The fourth-order valence-electron chi connectivity index (χ4n) is 3.68. The molecule has 0 aliphatic carbocycles. The number of amides is 1. The Labute approximate surface area is 190 Å². The number of carbonyl (C=O) groups is 1. The van der Waals surface area contributed by atoms with Crippen molar-refractivity contribution in [3.8, 4) is 17.6 Å². The quantitative estimate of drug-likeness (QED) is 0.652. The van der Waals surface area contributed by atoms with Crippen LogP contribution in [0.15, 0.2) is 47.5 Å². The third kappa shape index (κ3) is 5.01. The molecule has 1 atom stereocenters. The largest absolute Gasteiger partial charge is 0.493 e. The summed E-state index contributed by atoms with van der Waals surface area (Å²) in [6, 6.07) is 15.3. The molecule has 1 fully saturated rings. The Morgan fingerprint density at radius 1 is 1.16 bits per heavy atom. The molecule has 1 amide bonds. The second kappa shape index (κ2) is 9.98. The maximum Gasteiger partial charge on any atom is 0.258 e. The molecule has 0 radical (unpaired) electrons. The first-order chi connectivity index (χ1) is 15.6. The van der Waals surface area contributed by atoms with Crippen molar-refractivity contribution in [3.63, 3.8) is 0 Å². The van der Waals surface area contributed by atoms with E-state index in [9.17, 15) is 10.1 Å². The molecule has 1 unspecified atom stereocenters. The van der Waals surface area contributed by atoms with Gasteiger partial charge in [0.05, 0.1) is 24.5 Å². The van der Waals surface area contributed by atoms with Gasteiger partial charge < -0.3 is 19.3 Å². The van der Waals surface area contributed by atoms with Gasteiger partial charge in [0.15, 0.2) is 16.7 Å². The van der Waals surface area contributed by atoms with E-state index in [2.05, 4.69) is 33.3 Å². The zero-order chi connectivity index (χ0) is 22.5. The van der Waals surface area contributed by atoms with Crippen molar-refractivity contribution in [1.82, 2.24) is 9.80 Å². The average molecular weight is 451 g/mol. The summed E-state index contributed by atoms with van der Waals surface area (Å²) < 4.78 is 11.5. The van der Waals surface area contributed by atoms with Crippen LogP contribution < -0.4 is 9.47 Å². The van der Waals surface area contributed by atoms with Gasteiger partial charge in [0, 0.05) is 31.7 Å². The fourth-order valence-corrected chi connectivity index (χ4v) is 5.53. The molecule has 2 aliphatic heterocycles. The van der Waals surface area contributed by atoms with Crippen LogP contribution in [0.4, 0.5) is 0 Å². The first kappa shape index (κ1) is 22.1. The predicted octanol–water partition coefficient (Wildman–Crippen LogP) is 2.71. The topological polar surface area (TPSA) is 78.2 Å². The third-order valence-corrected chi connectivity index (χ3v) is 7.43. The lowest BCUT2D eigenvalue weighted by Gasteiger charge is -2.34. The van der Waals surface area contributed by atoms with Crippen LogP contribution in [0, 0.1) is 11.3 Å². The van der Waals surface area contributed by atoms with Crippen LogP contribution in [0.5, 0.6) is 11.5 Å². The van der Waals surface area contributed by atoms with E-state index < -0.39 is 0 Å². The minimum Gasteiger partial charge on any atom is -0.493 e. The van der Waals surface area contributed by atoms with Crippen LogP contribution in [0.3, 0.4) is 0 Å². The smallest absolute Gasteiger partial charge is 0.258 e. The van der Waals surface area contributed by atoms with Gasteiger partial charge in [-0.05, 0) is 36.2 Å². The molecule has 0 bridgehead atoms. The molecule has 0 saturated carbocycles. The van der Waals surface area contributed by atoms with Crippen LogP contribution in [-0.2, 0) is 11.4 Å². The third-order valence-electron chi connectivity index (χ3n) is 5.49. The van der Waals surface area contributed by atoms with Crippen molar-refractivity contribution in [2.45, 2.75) is 6.61 Å². The number of methoxy groups -OCH3 is 1. The molecule has 2 aromatic rings. The van der Waals surface area contributed by atoms with E-state index in [1.54, 1.807) is 13.2 Å². The monoisotopic (exact) mass is 450 g/mol. The standard InChI is InChI=1S/C24H26N4O3S/c1-27-9-11-28(12-10-27)24-26-23(29)17-32(24)16-18-7-8-21(22(13-18)30-2)31-15-20-6-4-3-5-19(20)14-25/h3-8,13,16H,9-12,15,17H2,1-2H3. The van der Waals surface area contributed by atoms with Crippen LogP contribution in [0.1, 0.15) is 16.7 Å². The number of rotatable bonds is 5. The lowest BCUT2D eigenvalue weighted by atomic mass is 10.1. The van der Waals surface area contributed by atoms with E-state index in [4.69, 9.17) is 9.47 Å². The maximum absolute atomic E-state index is 12.1. The predicted molar refractivity (Wildman–Crippen MR) is 128 cm³/mol. The summed E-state index contributed by atoms with van der Waals surface area (Å²) in [7, 11) is 3.36. The molecule has 32 heavy (non-hydrogen) atoms. The van der Waals surface area contributed by atoms with Crippen LogP contribution >= 0.6 is 10.5 Å². The Hall–Kier alpha value is -3.15. The van der Waals surface area contributed by atoms with Gasteiger partial charge in [-0.3, -0.25) is 4.79 Å². The molecule has 2 aromatic carbocycles. The molecule has 4 rings (SSSR count). The fraction of sp³-hybridized carbons (Fsp3) is 0.333. The lowest BCUT2D eigenvalue weighted by molar-refractivity contribution is -0.115. The van der Waals surface area contributed by atoms with Gasteiger partial charge in [-0.25, -0.2) is 0 Å². The first-order valence-corrected chi connectivity index (χ1v) is 11.9. The van der Waals surface area contributed by atoms with Gasteiger partial charge in [-0.1, -0.05) is 24.3 Å². The minimum atomic E-state index is -0.359. The van der Waals surface area contributed by atoms with Crippen molar-refractivity contribution >= 4 is 26.9 Å². The van der Waals surface area contributed by atoms with Crippen molar-refractivity contribution in [3.05, 3.63) is 59.2 Å². The molecule has 166 valence electrons. The van der Waals surface area contributed by atoms with E-state index in [-0.39, 0.29) is 23.0 Å². The highest BCUT2D eigenvalue weighted by atomic mass is 32.2. The number of piperazine rings is 1.